The first-order valence-corrected chi connectivity index (χ1v) is 47.5. The van der Waals surface area contributed by atoms with Gasteiger partial charge in [0.05, 0.1) is 26.4 Å². The Hall–Kier alpha value is -1.94. The number of unbranched alkanes of at least 4 members (excludes halogenated alkanes) is 55. The topological polar surface area (TPSA) is 237 Å². The van der Waals surface area contributed by atoms with Gasteiger partial charge in [-0.2, -0.15) is 0 Å². The monoisotopic (exact) mass is 1540 g/mol. The molecule has 3 N–H and O–H groups in total. The van der Waals surface area contributed by atoms with Crippen molar-refractivity contribution in [3.8, 4) is 0 Å². The third kappa shape index (κ3) is 79.9. The van der Waals surface area contributed by atoms with E-state index in [9.17, 15) is 43.2 Å². The predicted octanol–water partition coefficient (Wildman–Crippen LogP) is 26.2. The zero-order valence-electron chi connectivity index (χ0n) is 69.0. The molecule has 0 amide bonds. The number of esters is 4. The Morgan fingerprint density at radius 2 is 0.438 bits per heavy atom. The standard InChI is InChI=1S/C86H168O17P2/c1-7-9-11-13-15-17-19-21-23-25-27-29-31-33-35-37-39-44-52-58-64-70-85(90)102-81(74-96-83(88)68-62-56-50-43-38-36-34-32-30-28-26-24-22-20-18-16-14-12-10-8-2)76-100-104(92,93)98-72-80(87)73-99-105(94,95)101-77-82(75-97-84(89)69-63-57-51-47-46-49-55-61-67-79(5)6)103-86(91)71-65-59-53-45-41-40-42-48-54-60-66-78(3)4/h78-82,87H,7-77H2,1-6H3,(H,92,93)(H,94,95)/t80-,81-,82-/m1/s1. The molecule has 0 spiro atoms. The highest BCUT2D eigenvalue weighted by Crippen LogP contribution is 2.45. The molecule has 0 rings (SSSR count). The largest absolute Gasteiger partial charge is 0.472 e. The lowest BCUT2D eigenvalue weighted by molar-refractivity contribution is -0.161. The van der Waals surface area contributed by atoms with E-state index in [1.54, 1.807) is 0 Å². The van der Waals surface area contributed by atoms with Crippen molar-refractivity contribution in [1.82, 2.24) is 0 Å². The van der Waals surface area contributed by atoms with Gasteiger partial charge in [0.2, 0.25) is 0 Å². The van der Waals surface area contributed by atoms with Crippen LogP contribution in [0, 0.1) is 11.8 Å². The molecule has 17 nitrogen and oxygen atoms in total. The molecule has 0 aliphatic carbocycles. The molecule has 0 bridgehead atoms. The van der Waals surface area contributed by atoms with Crippen LogP contribution in [-0.2, 0) is 65.4 Å². The Labute approximate surface area is 645 Å². The Balaban J connectivity index is 5.22. The third-order valence-corrected chi connectivity index (χ3v) is 22.1. The van der Waals surface area contributed by atoms with E-state index in [1.165, 1.54) is 276 Å². The van der Waals surface area contributed by atoms with Gasteiger partial charge in [0, 0.05) is 25.7 Å². The molecule has 624 valence electrons. The molecular formula is C86H168O17P2. The highest BCUT2D eigenvalue weighted by Gasteiger charge is 2.30. The number of hydrogen-bond donors (Lipinski definition) is 3. The molecule has 0 saturated carbocycles. The molecule has 0 aliphatic rings. The number of aliphatic hydroxyl groups is 1. The first kappa shape index (κ1) is 103. The Morgan fingerprint density at radius 1 is 0.257 bits per heavy atom. The molecule has 2 unspecified atom stereocenters. The quantitative estimate of drug-likeness (QED) is 0.0222. The van der Waals surface area contributed by atoms with Crippen LogP contribution in [-0.4, -0.2) is 96.7 Å². The molecule has 0 saturated heterocycles. The average Bonchev–Trinajstić information content (AvgIpc) is 0.931. The Morgan fingerprint density at radius 3 is 0.648 bits per heavy atom. The van der Waals surface area contributed by atoms with Gasteiger partial charge >= 0.3 is 39.5 Å². The summed E-state index contributed by atoms with van der Waals surface area (Å²) in [4.78, 5) is 73.2. The molecule has 19 heteroatoms. The summed E-state index contributed by atoms with van der Waals surface area (Å²) in [6.07, 6.45) is 69.7. The zero-order chi connectivity index (χ0) is 77.1. The summed E-state index contributed by atoms with van der Waals surface area (Å²) in [7, 11) is -9.93. The van der Waals surface area contributed by atoms with Crippen molar-refractivity contribution in [2.45, 2.75) is 477 Å². The predicted molar refractivity (Wildman–Crippen MR) is 432 cm³/mol. The second-order valence-electron chi connectivity index (χ2n) is 31.9. The second kappa shape index (κ2) is 77.4. The number of carbonyl (C=O) groups is 4. The van der Waals surface area contributed by atoms with Gasteiger partial charge in [0.25, 0.3) is 0 Å². The van der Waals surface area contributed by atoms with E-state index >= 15 is 0 Å². The molecule has 0 aromatic heterocycles. The van der Waals surface area contributed by atoms with Crippen LogP contribution >= 0.6 is 15.6 Å². The van der Waals surface area contributed by atoms with Crippen LogP contribution in [0.2, 0.25) is 0 Å². The Bertz CT molecular complexity index is 2010. The van der Waals surface area contributed by atoms with Crippen molar-refractivity contribution in [2.75, 3.05) is 39.6 Å². The molecule has 0 aromatic carbocycles. The summed E-state index contributed by atoms with van der Waals surface area (Å²) < 4.78 is 68.9. The number of phosphoric acid groups is 2. The summed E-state index contributed by atoms with van der Waals surface area (Å²) >= 11 is 0. The van der Waals surface area contributed by atoms with Gasteiger partial charge < -0.3 is 33.8 Å². The van der Waals surface area contributed by atoms with Crippen molar-refractivity contribution in [3.05, 3.63) is 0 Å². The lowest BCUT2D eigenvalue weighted by atomic mass is 10.0. The fourth-order valence-corrected chi connectivity index (χ4v) is 15.0. The Kier molecular flexibility index (Phi) is 76.0. The number of aliphatic hydroxyl groups excluding tert-OH is 1. The minimum Gasteiger partial charge on any atom is -0.462 e. The molecule has 0 fully saturated rings. The smallest absolute Gasteiger partial charge is 0.462 e. The second-order valence-corrected chi connectivity index (χ2v) is 34.8. The van der Waals surface area contributed by atoms with Crippen LogP contribution in [0.5, 0.6) is 0 Å². The molecular weight excluding hydrogens is 1370 g/mol. The van der Waals surface area contributed by atoms with Gasteiger partial charge in [-0.3, -0.25) is 37.3 Å². The van der Waals surface area contributed by atoms with Gasteiger partial charge in [-0.05, 0) is 37.5 Å². The van der Waals surface area contributed by atoms with Crippen LogP contribution in [0.25, 0.3) is 0 Å². The van der Waals surface area contributed by atoms with Crippen molar-refractivity contribution in [2.24, 2.45) is 11.8 Å². The van der Waals surface area contributed by atoms with Crippen molar-refractivity contribution in [3.63, 3.8) is 0 Å². The number of ether oxygens (including phenoxy) is 4. The van der Waals surface area contributed by atoms with E-state index in [4.69, 9.17) is 37.0 Å². The lowest BCUT2D eigenvalue weighted by Gasteiger charge is -2.21. The minimum atomic E-state index is -4.97. The van der Waals surface area contributed by atoms with Gasteiger partial charge in [-0.1, -0.05) is 408 Å². The first-order chi connectivity index (χ1) is 50.9. The van der Waals surface area contributed by atoms with E-state index in [2.05, 4.69) is 41.5 Å². The molecule has 0 aliphatic heterocycles. The van der Waals surface area contributed by atoms with Gasteiger partial charge in [0.15, 0.2) is 12.2 Å². The summed E-state index contributed by atoms with van der Waals surface area (Å²) in [5.74, 6) is -0.627. The average molecular weight is 1540 g/mol. The number of phosphoric ester groups is 2. The van der Waals surface area contributed by atoms with Gasteiger partial charge in [0.1, 0.15) is 19.3 Å². The third-order valence-electron chi connectivity index (χ3n) is 20.2. The van der Waals surface area contributed by atoms with Crippen LogP contribution in [0.3, 0.4) is 0 Å². The van der Waals surface area contributed by atoms with E-state index in [0.29, 0.717) is 25.7 Å². The normalized spacial score (nSPS) is 13.8. The maximum atomic E-state index is 13.1. The van der Waals surface area contributed by atoms with Crippen molar-refractivity contribution >= 4 is 39.5 Å². The fourth-order valence-electron chi connectivity index (χ4n) is 13.4. The van der Waals surface area contributed by atoms with E-state index < -0.39 is 97.5 Å². The zero-order valence-corrected chi connectivity index (χ0v) is 70.8. The summed E-state index contributed by atoms with van der Waals surface area (Å²) in [6, 6.07) is 0. The maximum absolute atomic E-state index is 13.1. The lowest BCUT2D eigenvalue weighted by Crippen LogP contribution is -2.30. The number of rotatable bonds is 85. The minimum absolute atomic E-state index is 0.106. The fraction of sp³-hybridized carbons (Fsp3) is 0.953. The number of carbonyl (C=O) groups excluding carboxylic acids is 4. The van der Waals surface area contributed by atoms with Crippen LogP contribution < -0.4 is 0 Å². The molecule has 0 aromatic rings. The van der Waals surface area contributed by atoms with Gasteiger partial charge in [-0.25, -0.2) is 9.13 Å². The van der Waals surface area contributed by atoms with Crippen LogP contribution in [0.1, 0.15) is 459 Å². The van der Waals surface area contributed by atoms with Crippen molar-refractivity contribution in [1.29, 1.82) is 0 Å². The van der Waals surface area contributed by atoms with E-state index in [0.717, 1.165) is 102 Å². The summed E-state index contributed by atoms with van der Waals surface area (Å²) in [6.45, 7) is 9.62. The van der Waals surface area contributed by atoms with E-state index in [-0.39, 0.29) is 25.7 Å². The summed E-state index contributed by atoms with van der Waals surface area (Å²) in [5, 5.41) is 10.7. The van der Waals surface area contributed by atoms with Crippen LogP contribution in [0.15, 0.2) is 0 Å². The molecule has 5 atom stereocenters. The molecule has 0 radical (unpaired) electrons. The van der Waals surface area contributed by atoms with Gasteiger partial charge in [-0.15, -0.1) is 0 Å². The first-order valence-electron chi connectivity index (χ1n) is 44.5. The molecule has 0 heterocycles. The highest BCUT2D eigenvalue weighted by atomic mass is 31.2. The maximum Gasteiger partial charge on any atom is 0.472 e. The van der Waals surface area contributed by atoms with Crippen molar-refractivity contribution < 1.29 is 80.2 Å². The highest BCUT2D eigenvalue weighted by molar-refractivity contribution is 7.47. The number of hydrogen-bond acceptors (Lipinski definition) is 15. The molecule has 105 heavy (non-hydrogen) atoms. The van der Waals surface area contributed by atoms with E-state index in [1.807, 2.05) is 0 Å². The summed E-state index contributed by atoms with van der Waals surface area (Å²) in [5.41, 5.74) is 0. The SMILES string of the molecule is CCCCCCCCCCCCCCCCCCCCCCCC(=O)O[C@H](COC(=O)CCCCCCCCCCCCCCCCCCCCCC)COP(=O)(O)OC[C@@H](O)COP(=O)(O)OC[C@@H](COC(=O)CCCCCCCCCCC(C)C)OC(=O)CCCCCCCCCCCCC(C)C. The van der Waals surface area contributed by atoms with Crippen LogP contribution in [0.4, 0.5) is 0 Å².